The molecule has 3 amide bonds. The molecule has 1 aliphatic rings. The highest BCUT2D eigenvalue weighted by Crippen LogP contribution is 2.25. The van der Waals surface area contributed by atoms with Gasteiger partial charge < -0.3 is 19.7 Å². The fraction of sp³-hybridized carbons (Fsp3) is 0.438. The van der Waals surface area contributed by atoms with Gasteiger partial charge in [0.1, 0.15) is 12.4 Å². The molecule has 0 aliphatic heterocycles. The predicted molar refractivity (Wildman–Crippen MR) is 152 cm³/mol. The SMILES string of the molecule is CC(C)CN(CC(=O)N(Cc1cccn1Cc1ccc(F)cc1)C1CCCCC1)C(=O)NCc1ccccc1. The Balaban J connectivity index is 1.48. The third-order valence-electron chi connectivity index (χ3n) is 7.34. The van der Waals surface area contributed by atoms with Crippen LogP contribution in [0.15, 0.2) is 72.9 Å². The van der Waals surface area contributed by atoms with E-state index in [9.17, 15) is 14.0 Å². The number of nitrogens with one attached hydrogen (secondary N) is 1. The Morgan fingerprint density at radius 3 is 2.36 bits per heavy atom. The van der Waals surface area contributed by atoms with E-state index in [0.29, 0.717) is 26.2 Å². The third-order valence-corrected chi connectivity index (χ3v) is 7.34. The highest BCUT2D eigenvalue weighted by Gasteiger charge is 2.29. The number of halogens is 1. The summed E-state index contributed by atoms with van der Waals surface area (Å²) in [6, 6.07) is 20.3. The molecule has 208 valence electrons. The molecule has 1 saturated carbocycles. The van der Waals surface area contributed by atoms with Crippen molar-refractivity contribution in [1.29, 1.82) is 0 Å². The molecular weight excluding hydrogens is 491 g/mol. The van der Waals surface area contributed by atoms with Crippen LogP contribution in [0.1, 0.15) is 62.8 Å². The fourth-order valence-corrected chi connectivity index (χ4v) is 5.32. The van der Waals surface area contributed by atoms with Crippen LogP contribution in [0.3, 0.4) is 0 Å². The average molecular weight is 533 g/mol. The van der Waals surface area contributed by atoms with E-state index in [1.54, 1.807) is 17.0 Å². The maximum Gasteiger partial charge on any atom is 0.318 e. The monoisotopic (exact) mass is 532 g/mol. The summed E-state index contributed by atoms with van der Waals surface area (Å²) >= 11 is 0. The molecule has 0 radical (unpaired) electrons. The molecule has 1 heterocycles. The van der Waals surface area contributed by atoms with Crippen molar-refractivity contribution in [2.45, 2.75) is 71.6 Å². The lowest BCUT2D eigenvalue weighted by molar-refractivity contribution is -0.135. The van der Waals surface area contributed by atoms with E-state index in [0.717, 1.165) is 42.5 Å². The zero-order valence-electron chi connectivity index (χ0n) is 23.2. The maximum atomic E-state index is 13.9. The van der Waals surface area contributed by atoms with E-state index in [-0.39, 0.29) is 36.3 Å². The van der Waals surface area contributed by atoms with Gasteiger partial charge in [0.25, 0.3) is 0 Å². The molecule has 0 atom stereocenters. The second kappa shape index (κ2) is 14.0. The molecule has 7 heteroatoms. The molecule has 4 rings (SSSR count). The highest BCUT2D eigenvalue weighted by molar-refractivity contribution is 5.84. The predicted octanol–water partition coefficient (Wildman–Crippen LogP) is 6.20. The Kier molecular flexibility index (Phi) is 10.2. The number of hydrogen-bond acceptors (Lipinski definition) is 2. The molecule has 0 unspecified atom stereocenters. The number of carbonyl (C=O) groups excluding carboxylic acids is 2. The minimum atomic E-state index is -0.251. The number of amides is 3. The quantitative estimate of drug-likeness (QED) is 0.319. The number of carbonyl (C=O) groups is 2. The van der Waals surface area contributed by atoms with Crippen LogP contribution in [0.25, 0.3) is 0 Å². The Morgan fingerprint density at radius 2 is 1.67 bits per heavy atom. The van der Waals surface area contributed by atoms with Gasteiger partial charge in [-0.25, -0.2) is 9.18 Å². The van der Waals surface area contributed by atoms with Crippen LogP contribution < -0.4 is 5.32 Å². The molecule has 3 aromatic rings. The van der Waals surface area contributed by atoms with Crippen molar-refractivity contribution in [1.82, 2.24) is 19.7 Å². The van der Waals surface area contributed by atoms with E-state index >= 15 is 0 Å². The van der Waals surface area contributed by atoms with E-state index < -0.39 is 0 Å². The van der Waals surface area contributed by atoms with Gasteiger partial charge in [-0.05, 0) is 54.2 Å². The molecular formula is C32H41FN4O2. The van der Waals surface area contributed by atoms with Crippen LogP contribution in [0.2, 0.25) is 0 Å². The number of urea groups is 1. The number of nitrogens with zero attached hydrogens (tertiary/aromatic N) is 3. The molecule has 0 bridgehead atoms. The average Bonchev–Trinajstić information content (AvgIpc) is 3.38. The molecule has 1 aromatic heterocycles. The normalized spacial score (nSPS) is 13.8. The second-order valence-corrected chi connectivity index (χ2v) is 11.0. The third kappa shape index (κ3) is 8.44. The minimum absolute atomic E-state index is 0.0213. The van der Waals surface area contributed by atoms with Crippen LogP contribution in [-0.4, -0.2) is 45.4 Å². The van der Waals surface area contributed by atoms with E-state index in [4.69, 9.17) is 0 Å². The molecule has 1 aliphatic carbocycles. The molecule has 2 aromatic carbocycles. The van der Waals surface area contributed by atoms with Gasteiger partial charge in [0.05, 0.1) is 6.54 Å². The summed E-state index contributed by atoms with van der Waals surface area (Å²) in [7, 11) is 0. The Morgan fingerprint density at radius 1 is 0.949 bits per heavy atom. The first-order chi connectivity index (χ1) is 18.9. The van der Waals surface area contributed by atoms with E-state index in [1.165, 1.54) is 18.6 Å². The zero-order chi connectivity index (χ0) is 27.6. The van der Waals surface area contributed by atoms with E-state index in [2.05, 4.69) is 23.7 Å². The summed E-state index contributed by atoms with van der Waals surface area (Å²) in [5, 5.41) is 3.00. The van der Waals surface area contributed by atoms with Crippen LogP contribution in [0.5, 0.6) is 0 Å². The fourth-order valence-electron chi connectivity index (χ4n) is 5.32. The van der Waals surface area contributed by atoms with Gasteiger partial charge in [0.15, 0.2) is 0 Å². The van der Waals surface area contributed by atoms with Crippen molar-refractivity contribution in [2.24, 2.45) is 5.92 Å². The first kappa shape index (κ1) is 28.4. The Labute approximate surface area is 231 Å². The molecule has 6 nitrogen and oxygen atoms in total. The van der Waals surface area contributed by atoms with E-state index in [1.807, 2.05) is 53.6 Å². The minimum Gasteiger partial charge on any atom is -0.345 e. The summed E-state index contributed by atoms with van der Waals surface area (Å²) in [6.07, 6.45) is 7.38. The first-order valence-corrected chi connectivity index (χ1v) is 14.1. The lowest BCUT2D eigenvalue weighted by Gasteiger charge is -2.36. The summed E-state index contributed by atoms with van der Waals surface area (Å²) in [4.78, 5) is 30.7. The number of rotatable bonds is 11. The van der Waals surface area contributed by atoms with Crippen LogP contribution in [0, 0.1) is 11.7 Å². The highest BCUT2D eigenvalue weighted by atomic mass is 19.1. The van der Waals surface area contributed by atoms with Crippen molar-refractivity contribution in [3.63, 3.8) is 0 Å². The number of aromatic nitrogens is 1. The van der Waals surface area contributed by atoms with Crippen LogP contribution in [-0.2, 0) is 24.4 Å². The van der Waals surface area contributed by atoms with Crippen molar-refractivity contribution in [2.75, 3.05) is 13.1 Å². The van der Waals surface area contributed by atoms with Crippen molar-refractivity contribution in [3.8, 4) is 0 Å². The summed E-state index contributed by atoms with van der Waals surface area (Å²) in [5.74, 6) is -0.0393. The summed E-state index contributed by atoms with van der Waals surface area (Å²) in [5.41, 5.74) is 3.05. The molecule has 0 spiro atoms. The van der Waals surface area contributed by atoms with Gasteiger partial charge in [0, 0.05) is 37.6 Å². The molecule has 0 saturated heterocycles. The molecule has 1 fully saturated rings. The molecule has 39 heavy (non-hydrogen) atoms. The number of benzene rings is 2. The summed E-state index contributed by atoms with van der Waals surface area (Å²) < 4.78 is 15.5. The lowest BCUT2D eigenvalue weighted by atomic mass is 9.94. The Bertz CT molecular complexity index is 1190. The van der Waals surface area contributed by atoms with Crippen LogP contribution in [0.4, 0.5) is 9.18 Å². The second-order valence-electron chi connectivity index (χ2n) is 11.0. The van der Waals surface area contributed by atoms with Gasteiger partial charge in [-0.1, -0.05) is 75.6 Å². The standard InChI is InChI=1S/C32H41FN4O2/c1-25(2)21-36(32(39)34-20-26-10-5-3-6-11-26)24-31(38)37(29-12-7-4-8-13-29)23-30-14-9-19-35(30)22-27-15-17-28(33)18-16-27/h3,5-6,9-11,14-19,25,29H,4,7-8,12-13,20-24H2,1-2H3,(H,34,39). The number of hydrogen-bond donors (Lipinski definition) is 1. The van der Waals surface area contributed by atoms with Gasteiger partial charge >= 0.3 is 6.03 Å². The largest absolute Gasteiger partial charge is 0.345 e. The van der Waals surface area contributed by atoms with Crippen molar-refractivity contribution < 1.29 is 14.0 Å². The topological polar surface area (TPSA) is 57.6 Å². The van der Waals surface area contributed by atoms with Gasteiger partial charge in [-0.2, -0.15) is 0 Å². The Hall–Kier alpha value is -3.61. The zero-order valence-corrected chi connectivity index (χ0v) is 23.2. The van der Waals surface area contributed by atoms with Gasteiger partial charge in [0.2, 0.25) is 5.91 Å². The van der Waals surface area contributed by atoms with Gasteiger partial charge in [-0.3, -0.25) is 4.79 Å². The smallest absolute Gasteiger partial charge is 0.318 e. The lowest BCUT2D eigenvalue weighted by Crippen LogP contribution is -2.50. The van der Waals surface area contributed by atoms with Crippen molar-refractivity contribution in [3.05, 3.63) is 95.6 Å². The van der Waals surface area contributed by atoms with Crippen molar-refractivity contribution >= 4 is 11.9 Å². The maximum absolute atomic E-state index is 13.9. The first-order valence-electron chi connectivity index (χ1n) is 14.1. The van der Waals surface area contributed by atoms with Gasteiger partial charge in [-0.15, -0.1) is 0 Å². The molecule has 1 N–H and O–H groups in total. The van der Waals surface area contributed by atoms with Crippen LogP contribution >= 0.6 is 0 Å². The summed E-state index contributed by atoms with van der Waals surface area (Å²) in [6.45, 7) is 6.19.